The molecule has 1 aromatic rings. The largest absolute Gasteiger partial charge is 0.366 e. The Kier molecular flexibility index (Phi) is 4.97. The second kappa shape index (κ2) is 7.13. The zero-order chi connectivity index (χ0) is 14.5. The van der Waals surface area contributed by atoms with Crippen LogP contribution in [0.15, 0.2) is 36.4 Å². The predicted octanol–water partition coefficient (Wildman–Crippen LogP) is 4.12. The lowest BCUT2D eigenvalue weighted by atomic mass is 9.83. The highest BCUT2D eigenvalue weighted by Crippen LogP contribution is 2.30. The van der Waals surface area contributed by atoms with E-state index in [0.717, 1.165) is 25.6 Å². The summed E-state index contributed by atoms with van der Waals surface area (Å²) in [6, 6.07) is 9.53. The van der Waals surface area contributed by atoms with Crippen LogP contribution < -0.4 is 10.2 Å². The van der Waals surface area contributed by atoms with Gasteiger partial charge in [-0.25, -0.2) is 0 Å². The predicted molar refractivity (Wildman–Crippen MR) is 90.7 cm³/mol. The highest BCUT2D eigenvalue weighted by atomic mass is 15.2. The Bertz CT molecular complexity index is 474. The molecule has 1 aliphatic carbocycles. The fourth-order valence-electron chi connectivity index (χ4n) is 3.87. The minimum atomic E-state index is 0.642. The molecule has 0 saturated heterocycles. The van der Waals surface area contributed by atoms with Crippen LogP contribution in [0.4, 0.5) is 5.69 Å². The zero-order valence-corrected chi connectivity index (χ0v) is 13.2. The molecular formula is C19H28N2. The van der Waals surface area contributed by atoms with Crippen LogP contribution >= 0.6 is 0 Å². The molecule has 1 heterocycles. The Morgan fingerprint density at radius 1 is 1.19 bits per heavy atom. The van der Waals surface area contributed by atoms with Gasteiger partial charge in [0.25, 0.3) is 0 Å². The number of hydrogen-bond donors (Lipinski definition) is 1. The van der Waals surface area contributed by atoms with Crippen molar-refractivity contribution in [2.75, 3.05) is 18.0 Å². The Balaban J connectivity index is 1.79. The lowest BCUT2D eigenvalue weighted by molar-refractivity contribution is 0.272. The molecule has 2 aliphatic rings. The summed E-state index contributed by atoms with van der Waals surface area (Å²) in [5.74, 6) is 0.862. The van der Waals surface area contributed by atoms with Gasteiger partial charge in [-0.05, 0) is 37.3 Å². The minimum Gasteiger partial charge on any atom is -0.366 e. The Hall–Kier alpha value is -1.28. The summed E-state index contributed by atoms with van der Waals surface area (Å²) in [5, 5.41) is 3.85. The SMILES string of the molecule is C/C=C/CN1CC(C2CCCCC2)NCc2ccccc21. The third kappa shape index (κ3) is 3.49. The van der Waals surface area contributed by atoms with Crippen LogP contribution in [0.25, 0.3) is 0 Å². The summed E-state index contributed by atoms with van der Waals surface area (Å²) in [7, 11) is 0. The van der Waals surface area contributed by atoms with E-state index in [1.54, 1.807) is 0 Å². The van der Waals surface area contributed by atoms with Crippen LogP contribution in [0, 0.1) is 5.92 Å². The van der Waals surface area contributed by atoms with Gasteiger partial charge in [0, 0.05) is 31.4 Å². The summed E-state index contributed by atoms with van der Waals surface area (Å²) in [4.78, 5) is 2.56. The zero-order valence-electron chi connectivity index (χ0n) is 13.2. The number of hydrogen-bond acceptors (Lipinski definition) is 2. The van der Waals surface area contributed by atoms with Crippen LogP contribution in [-0.2, 0) is 6.54 Å². The molecule has 0 amide bonds. The highest BCUT2D eigenvalue weighted by molar-refractivity contribution is 5.55. The molecule has 1 atom stereocenters. The van der Waals surface area contributed by atoms with Crippen molar-refractivity contribution in [1.29, 1.82) is 0 Å². The first-order valence-electron chi connectivity index (χ1n) is 8.56. The molecule has 2 nitrogen and oxygen atoms in total. The lowest BCUT2D eigenvalue weighted by Gasteiger charge is -2.33. The molecule has 2 heteroatoms. The number of para-hydroxylation sites is 1. The molecule has 1 saturated carbocycles. The van der Waals surface area contributed by atoms with E-state index in [1.165, 1.54) is 43.4 Å². The smallest absolute Gasteiger partial charge is 0.0415 e. The Morgan fingerprint density at radius 3 is 2.81 bits per heavy atom. The number of benzene rings is 1. The fourth-order valence-corrected chi connectivity index (χ4v) is 3.87. The number of nitrogens with zero attached hydrogens (tertiary/aromatic N) is 1. The average Bonchev–Trinajstić information content (AvgIpc) is 2.74. The Labute approximate surface area is 129 Å². The van der Waals surface area contributed by atoms with E-state index in [0.29, 0.717) is 6.04 Å². The van der Waals surface area contributed by atoms with E-state index < -0.39 is 0 Å². The maximum atomic E-state index is 3.85. The topological polar surface area (TPSA) is 15.3 Å². The van der Waals surface area contributed by atoms with Gasteiger partial charge in [-0.15, -0.1) is 0 Å². The summed E-state index contributed by atoms with van der Waals surface area (Å²) in [5.41, 5.74) is 2.86. The van der Waals surface area contributed by atoms with Crippen LogP contribution in [0.3, 0.4) is 0 Å². The van der Waals surface area contributed by atoms with Crippen molar-refractivity contribution in [1.82, 2.24) is 5.32 Å². The van der Waals surface area contributed by atoms with Gasteiger partial charge in [0.05, 0.1) is 0 Å². The molecule has 1 N–H and O–H groups in total. The maximum absolute atomic E-state index is 3.85. The third-order valence-corrected chi connectivity index (χ3v) is 5.08. The number of allylic oxidation sites excluding steroid dienone is 1. The van der Waals surface area contributed by atoms with Crippen molar-refractivity contribution in [3.05, 3.63) is 42.0 Å². The molecule has 1 unspecified atom stereocenters. The number of fused-ring (bicyclic) bond motifs is 1. The maximum Gasteiger partial charge on any atom is 0.0415 e. The van der Waals surface area contributed by atoms with Gasteiger partial charge in [-0.2, -0.15) is 0 Å². The standard InChI is InChI=1S/C19H28N2/c1-2-3-13-21-15-18(16-9-5-4-6-10-16)20-14-17-11-7-8-12-19(17)21/h2-3,7-8,11-12,16,18,20H,4-6,9-10,13-15H2,1H3/b3-2+. The summed E-state index contributed by atoms with van der Waals surface area (Å²) >= 11 is 0. The molecule has 3 rings (SSSR count). The van der Waals surface area contributed by atoms with E-state index in [4.69, 9.17) is 0 Å². The summed E-state index contributed by atoms with van der Waals surface area (Å²) < 4.78 is 0. The van der Waals surface area contributed by atoms with Crippen molar-refractivity contribution in [2.24, 2.45) is 5.92 Å². The molecule has 21 heavy (non-hydrogen) atoms. The molecule has 1 aliphatic heterocycles. The second-order valence-electron chi connectivity index (χ2n) is 6.49. The summed E-state index contributed by atoms with van der Waals surface area (Å²) in [6.45, 7) is 5.30. The quantitative estimate of drug-likeness (QED) is 0.840. The second-order valence-corrected chi connectivity index (χ2v) is 6.49. The van der Waals surface area contributed by atoms with E-state index >= 15 is 0 Å². The van der Waals surface area contributed by atoms with Gasteiger partial charge in [-0.3, -0.25) is 0 Å². The molecule has 0 spiro atoms. The molecule has 0 aromatic heterocycles. The normalized spacial score (nSPS) is 24.0. The fraction of sp³-hybridized carbons (Fsp3) is 0.579. The van der Waals surface area contributed by atoms with Crippen molar-refractivity contribution in [3.8, 4) is 0 Å². The monoisotopic (exact) mass is 284 g/mol. The molecule has 1 fully saturated rings. The molecule has 0 bridgehead atoms. The van der Waals surface area contributed by atoms with E-state index in [1.807, 2.05) is 0 Å². The number of rotatable bonds is 3. The molecular weight excluding hydrogens is 256 g/mol. The van der Waals surface area contributed by atoms with Crippen LogP contribution in [-0.4, -0.2) is 19.1 Å². The highest BCUT2D eigenvalue weighted by Gasteiger charge is 2.28. The van der Waals surface area contributed by atoms with Gasteiger partial charge in [-0.1, -0.05) is 49.6 Å². The van der Waals surface area contributed by atoms with Gasteiger partial charge in [0.1, 0.15) is 0 Å². The average molecular weight is 284 g/mol. The summed E-state index contributed by atoms with van der Waals surface area (Å²) in [6.07, 6.45) is 11.5. The Morgan fingerprint density at radius 2 is 2.00 bits per heavy atom. The van der Waals surface area contributed by atoms with Crippen molar-refractivity contribution >= 4 is 5.69 Å². The van der Waals surface area contributed by atoms with Crippen molar-refractivity contribution < 1.29 is 0 Å². The van der Waals surface area contributed by atoms with Crippen LogP contribution in [0.2, 0.25) is 0 Å². The van der Waals surface area contributed by atoms with E-state index in [2.05, 4.69) is 53.6 Å². The number of nitrogens with one attached hydrogen (secondary N) is 1. The number of anilines is 1. The first-order valence-corrected chi connectivity index (χ1v) is 8.56. The molecule has 0 radical (unpaired) electrons. The first-order chi connectivity index (χ1) is 10.4. The van der Waals surface area contributed by atoms with E-state index in [-0.39, 0.29) is 0 Å². The molecule has 1 aromatic carbocycles. The van der Waals surface area contributed by atoms with Crippen LogP contribution in [0.5, 0.6) is 0 Å². The van der Waals surface area contributed by atoms with Gasteiger partial charge in [0.15, 0.2) is 0 Å². The van der Waals surface area contributed by atoms with Crippen LogP contribution in [0.1, 0.15) is 44.6 Å². The third-order valence-electron chi connectivity index (χ3n) is 5.08. The van der Waals surface area contributed by atoms with Gasteiger partial charge < -0.3 is 10.2 Å². The van der Waals surface area contributed by atoms with Gasteiger partial charge >= 0.3 is 0 Å². The first kappa shape index (κ1) is 14.6. The van der Waals surface area contributed by atoms with E-state index in [9.17, 15) is 0 Å². The minimum absolute atomic E-state index is 0.642. The van der Waals surface area contributed by atoms with Crippen molar-refractivity contribution in [2.45, 2.75) is 51.6 Å². The van der Waals surface area contributed by atoms with Crippen molar-refractivity contribution in [3.63, 3.8) is 0 Å². The lowest BCUT2D eigenvalue weighted by Crippen LogP contribution is -2.44. The molecule has 114 valence electrons. The van der Waals surface area contributed by atoms with Gasteiger partial charge in [0.2, 0.25) is 0 Å².